The monoisotopic (exact) mass is 474 g/mol. The summed E-state index contributed by atoms with van der Waals surface area (Å²) in [6.07, 6.45) is 2.40. The van der Waals surface area contributed by atoms with Crippen molar-refractivity contribution in [2.24, 2.45) is 11.0 Å². The van der Waals surface area contributed by atoms with Gasteiger partial charge in [-0.15, -0.1) is 0 Å². The molecule has 174 valence electrons. The number of carbonyl (C=O) groups is 2. The van der Waals surface area contributed by atoms with Gasteiger partial charge in [0.2, 0.25) is 5.91 Å². The van der Waals surface area contributed by atoms with Crippen molar-refractivity contribution in [1.29, 1.82) is 0 Å². The lowest BCUT2D eigenvalue weighted by Gasteiger charge is -2.19. The van der Waals surface area contributed by atoms with Gasteiger partial charge in [-0.25, -0.2) is 10.2 Å². The van der Waals surface area contributed by atoms with Gasteiger partial charge in [-0.2, -0.15) is 5.10 Å². The Balaban J connectivity index is 1.26. The van der Waals surface area contributed by atoms with Gasteiger partial charge in [0.15, 0.2) is 0 Å². The van der Waals surface area contributed by atoms with Crippen molar-refractivity contribution in [2.45, 2.75) is 38.5 Å². The summed E-state index contributed by atoms with van der Waals surface area (Å²) in [5.74, 6) is 0.0811. The molecule has 1 aliphatic carbocycles. The van der Waals surface area contributed by atoms with Crippen LogP contribution < -0.4 is 10.2 Å². The number of benzene rings is 3. The lowest BCUT2D eigenvalue weighted by atomic mass is 9.86. The van der Waals surface area contributed by atoms with Gasteiger partial charge in [0, 0.05) is 10.9 Å². The molecule has 1 aliphatic rings. The standard InChI is InChI=1S/C28H27ClN2O3/c1-28(2,3)21-10-6-19(7-11-21)24-16-25(24)26(32)31-30-17-18-4-14-23(15-5-18)34-27(33)20-8-12-22(29)13-9-20/h4-15,17,24-25H,16H2,1-3H3,(H,31,32). The van der Waals surface area contributed by atoms with E-state index in [1.807, 2.05) is 0 Å². The number of rotatable bonds is 6. The summed E-state index contributed by atoms with van der Waals surface area (Å²) in [6, 6.07) is 21.9. The normalized spacial score (nSPS) is 17.4. The Morgan fingerprint density at radius 1 is 0.971 bits per heavy atom. The van der Waals surface area contributed by atoms with E-state index in [0.29, 0.717) is 16.3 Å². The number of hydrogen-bond donors (Lipinski definition) is 1. The van der Waals surface area contributed by atoms with Gasteiger partial charge < -0.3 is 4.74 Å². The quantitative estimate of drug-likeness (QED) is 0.203. The van der Waals surface area contributed by atoms with Crippen molar-refractivity contribution in [3.8, 4) is 5.75 Å². The molecule has 0 radical (unpaired) electrons. The lowest BCUT2D eigenvalue weighted by Crippen LogP contribution is -2.20. The zero-order chi connectivity index (χ0) is 24.3. The zero-order valence-corrected chi connectivity index (χ0v) is 20.2. The van der Waals surface area contributed by atoms with Crippen molar-refractivity contribution >= 4 is 29.7 Å². The van der Waals surface area contributed by atoms with E-state index in [0.717, 1.165) is 12.0 Å². The van der Waals surface area contributed by atoms with Crippen LogP contribution in [0, 0.1) is 5.92 Å². The molecule has 0 saturated heterocycles. The van der Waals surface area contributed by atoms with Crippen molar-refractivity contribution < 1.29 is 14.3 Å². The minimum Gasteiger partial charge on any atom is -0.423 e. The van der Waals surface area contributed by atoms with Crippen LogP contribution in [0.1, 0.15) is 60.2 Å². The van der Waals surface area contributed by atoms with Gasteiger partial charge in [0.05, 0.1) is 11.8 Å². The second kappa shape index (κ2) is 9.82. The molecule has 0 spiro atoms. The van der Waals surface area contributed by atoms with Gasteiger partial charge in [0.25, 0.3) is 0 Å². The number of halogens is 1. The predicted octanol–water partition coefficient (Wildman–Crippen LogP) is 6.11. The Bertz CT molecular complexity index is 1190. The third-order valence-electron chi connectivity index (χ3n) is 5.89. The van der Waals surface area contributed by atoms with Crippen LogP contribution in [0.25, 0.3) is 0 Å². The molecule has 3 aromatic carbocycles. The molecule has 5 nitrogen and oxygen atoms in total. The van der Waals surface area contributed by atoms with Crippen LogP contribution in [0.15, 0.2) is 77.9 Å². The first kappa shape index (κ1) is 23.7. The van der Waals surface area contributed by atoms with Crippen molar-refractivity contribution in [3.63, 3.8) is 0 Å². The van der Waals surface area contributed by atoms with Crippen LogP contribution >= 0.6 is 11.6 Å². The molecule has 1 N–H and O–H groups in total. The van der Waals surface area contributed by atoms with Gasteiger partial charge in [-0.1, -0.05) is 56.6 Å². The zero-order valence-electron chi connectivity index (χ0n) is 19.4. The van der Waals surface area contributed by atoms with Crippen LogP contribution in [0.3, 0.4) is 0 Å². The van der Waals surface area contributed by atoms with E-state index in [1.165, 1.54) is 11.1 Å². The average molecular weight is 475 g/mol. The fourth-order valence-electron chi connectivity index (χ4n) is 3.71. The maximum Gasteiger partial charge on any atom is 0.343 e. The van der Waals surface area contributed by atoms with Crippen molar-refractivity contribution in [3.05, 3.63) is 100 Å². The molecule has 2 atom stereocenters. The summed E-state index contributed by atoms with van der Waals surface area (Å²) in [6.45, 7) is 6.57. The number of nitrogens with zero attached hydrogens (tertiary/aromatic N) is 1. The topological polar surface area (TPSA) is 67.8 Å². The molecular formula is C28H27ClN2O3. The highest BCUT2D eigenvalue weighted by Crippen LogP contribution is 2.47. The molecule has 1 fully saturated rings. The Hall–Kier alpha value is -3.44. The average Bonchev–Trinajstić information content (AvgIpc) is 3.61. The molecule has 1 amide bonds. The predicted molar refractivity (Wildman–Crippen MR) is 135 cm³/mol. The highest BCUT2D eigenvalue weighted by Gasteiger charge is 2.44. The number of hydrazone groups is 1. The van der Waals surface area contributed by atoms with E-state index < -0.39 is 5.97 Å². The maximum absolute atomic E-state index is 12.4. The summed E-state index contributed by atoms with van der Waals surface area (Å²) in [4.78, 5) is 24.6. The summed E-state index contributed by atoms with van der Waals surface area (Å²) in [7, 11) is 0. The molecule has 4 rings (SSSR count). The van der Waals surface area contributed by atoms with Crippen LogP contribution in [-0.2, 0) is 10.2 Å². The number of amides is 1. The number of carbonyl (C=O) groups excluding carboxylic acids is 2. The largest absolute Gasteiger partial charge is 0.423 e. The van der Waals surface area contributed by atoms with Crippen LogP contribution in [0.2, 0.25) is 5.02 Å². The molecule has 0 aromatic heterocycles. The Kier molecular flexibility index (Phi) is 6.85. The number of hydrogen-bond acceptors (Lipinski definition) is 4. The fraction of sp³-hybridized carbons (Fsp3) is 0.250. The number of esters is 1. The summed E-state index contributed by atoms with van der Waals surface area (Å²) in [5, 5.41) is 4.63. The van der Waals surface area contributed by atoms with E-state index in [1.54, 1.807) is 54.7 Å². The smallest absolute Gasteiger partial charge is 0.343 e. The van der Waals surface area contributed by atoms with Crippen LogP contribution in [0.5, 0.6) is 5.75 Å². The lowest BCUT2D eigenvalue weighted by molar-refractivity contribution is -0.122. The van der Waals surface area contributed by atoms with Gasteiger partial charge >= 0.3 is 5.97 Å². The summed E-state index contributed by atoms with van der Waals surface area (Å²) < 4.78 is 5.36. The molecule has 3 aromatic rings. The second-order valence-corrected chi connectivity index (χ2v) is 9.96. The molecule has 0 heterocycles. The molecular weight excluding hydrogens is 448 g/mol. The van der Waals surface area contributed by atoms with E-state index in [9.17, 15) is 9.59 Å². The van der Waals surface area contributed by atoms with E-state index >= 15 is 0 Å². The molecule has 1 saturated carbocycles. The maximum atomic E-state index is 12.4. The molecule has 2 unspecified atom stereocenters. The second-order valence-electron chi connectivity index (χ2n) is 9.52. The molecule has 34 heavy (non-hydrogen) atoms. The first-order valence-corrected chi connectivity index (χ1v) is 11.6. The first-order chi connectivity index (χ1) is 16.2. The van der Waals surface area contributed by atoms with Crippen molar-refractivity contribution in [1.82, 2.24) is 5.43 Å². The third kappa shape index (κ3) is 5.91. The molecule has 0 bridgehead atoms. The Morgan fingerprint density at radius 3 is 2.24 bits per heavy atom. The van der Waals surface area contributed by atoms with E-state index in [4.69, 9.17) is 16.3 Å². The number of ether oxygens (including phenoxy) is 1. The highest BCUT2D eigenvalue weighted by molar-refractivity contribution is 6.30. The third-order valence-corrected chi connectivity index (χ3v) is 6.14. The van der Waals surface area contributed by atoms with Gasteiger partial charge in [-0.3, -0.25) is 4.79 Å². The van der Waals surface area contributed by atoms with Gasteiger partial charge in [-0.05, 0) is 83.0 Å². The van der Waals surface area contributed by atoms with E-state index in [-0.39, 0.29) is 23.2 Å². The van der Waals surface area contributed by atoms with Gasteiger partial charge in [0.1, 0.15) is 5.75 Å². The fourth-order valence-corrected chi connectivity index (χ4v) is 3.84. The van der Waals surface area contributed by atoms with E-state index in [2.05, 4.69) is 55.6 Å². The summed E-state index contributed by atoms with van der Waals surface area (Å²) in [5.41, 5.74) is 6.42. The van der Waals surface area contributed by atoms with Crippen LogP contribution in [0.4, 0.5) is 0 Å². The Labute approximate surface area is 204 Å². The SMILES string of the molecule is CC(C)(C)c1ccc(C2CC2C(=O)NN=Cc2ccc(OC(=O)c3ccc(Cl)cc3)cc2)cc1. The first-order valence-electron chi connectivity index (χ1n) is 11.2. The molecule has 6 heteroatoms. The Morgan fingerprint density at radius 2 is 1.62 bits per heavy atom. The highest BCUT2D eigenvalue weighted by atomic mass is 35.5. The van der Waals surface area contributed by atoms with Crippen LogP contribution in [-0.4, -0.2) is 18.1 Å². The summed E-state index contributed by atoms with van der Waals surface area (Å²) >= 11 is 5.84. The minimum atomic E-state index is -0.461. The number of nitrogens with one attached hydrogen (secondary N) is 1. The minimum absolute atomic E-state index is 0.0488. The molecule has 0 aliphatic heterocycles. The van der Waals surface area contributed by atoms with Crippen molar-refractivity contribution in [2.75, 3.05) is 0 Å².